The van der Waals surface area contributed by atoms with Gasteiger partial charge in [-0.1, -0.05) is 30.8 Å². The standard InChI is InChI=1S/C20H22N2O2/c1-2-11-21-12-14-22(15-13-21)20(23)17-7-6-10-19(16-17)24-18-8-4-3-5-9-18/h2-10,16H,1,11-15H2/p+1. The number of ether oxygens (including phenoxy) is 1. The minimum atomic E-state index is 0.0752. The number of nitrogens with zero attached hydrogens (tertiary/aromatic N) is 1. The molecule has 2 aromatic rings. The van der Waals surface area contributed by atoms with Crippen LogP contribution in [0.1, 0.15) is 10.4 Å². The molecule has 0 spiro atoms. The fourth-order valence-corrected chi connectivity index (χ4v) is 2.93. The Labute approximate surface area is 143 Å². The number of para-hydroxylation sites is 1. The first-order chi connectivity index (χ1) is 11.8. The third-order valence-corrected chi connectivity index (χ3v) is 4.25. The second-order valence-corrected chi connectivity index (χ2v) is 5.98. The molecule has 4 heteroatoms. The molecule has 1 heterocycles. The lowest BCUT2D eigenvalue weighted by Gasteiger charge is -2.31. The van der Waals surface area contributed by atoms with Gasteiger partial charge < -0.3 is 14.5 Å². The quantitative estimate of drug-likeness (QED) is 0.854. The van der Waals surface area contributed by atoms with E-state index in [1.54, 1.807) is 0 Å². The molecule has 1 aliphatic heterocycles. The van der Waals surface area contributed by atoms with Crippen molar-refractivity contribution in [1.29, 1.82) is 0 Å². The van der Waals surface area contributed by atoms with Crippen molar-refractivity contribution in [3.63, 3.8) is 0 Å². The van der Waals surface area contributed by atoms with Crippen molar-refractivity contribution in [3.8, 4) is 11.5 Å². The van der Waals surface area contributed by atoms with Gasteiger partial charge in [-0.2, -0.15) is 0 Å². The van der Waals surface area contributed by atoms with Gasteiger partial charge in [-0.15, -0.1) is 0 Å². The number of carbonyl (C=O) groups is 1. The summed E-state index contributed by atoms with van der Waals surface area (Å²) in [7, 11) is 0. The highest BCUT2D eigenvalue weighted by atomic mass is 16.5. The van der Waals surface area contributed by atoms with Gasteiger partial charge in [-0.05, 0) is 36.4 Å². The Morgan fingerprint density at radius 3 is 2.50 bits per heavy atom. The number of hydrogen-bond acceptors (Lipinski definition) is 2. The third-order valence-electron chi connectivity index (χ3n) is 4.25. The summed E-state index contributed by atoms with van der Waals surface area (Å²) in [4.78, 5) is 16.1. The molecule has 1 fully saturated rings. The molecule has 0 saturated carbocycles. The number of hydrogen-bond donors (Lipinski definition) is 1. The van der Waals surface area contributed by atoms with Crippen molar-refractivity contribution >= 4 is 5.91 Å². The first-order valence-corrected chi connectivity index (χ1v) is 8.33. The summed E-state index contributed by atoms with van der Waals surface area (Å²) in [5.41, 5.74) is 0.676. The third kappa shape index (κ3) is 4.03. The Morgan fingerprint density at radius 2 is 1.79 bits per heavy atom. The largest absolute Gasteiger partial charge is 0.457 e. The van der Waals surface area contributed by atoms with Crippen LogP contribution in [0.3, 0.4) is 0 Å². The minimum Gasteiger partial charge on any atom is -0.457 e. The molecule has 1 aliphatic rings. The Balaban J connectivity index is 1.65. The summed E-state index contributed by atoms with van der Waals surface area (Å²) >= 11 is 0. The lowest BCUT2D eigenvalue weighted by atomic mass is 10.1. The summed E-state index contributed by atoms with van der Waals surface area (Å²) in [5.74, 6) is 1.53. The summed E-state index contributed by atoms with van der Waals surface area (Å²) in [6, 6.07) is 17.0. The highest BCUT2D eigenvalue weighted by molar-refractivity contribution is 5.94. The van der Waals surface area contributed by atoms with E-state index in [4.69, 9.17) is 4.74 Å². The molecule has 124 valence electrons. The first-order valence-electron chi connectivity index (χ1n) is 8.33. The molecule has 1 amide bonds. The molecule has 2 aromatic carbocycles. The van der Waals surface area contributed by atoms with E-state index in [2.05, 4.69) is 6.58 Å². The maximum Gasteiger partial charge on any atom is 0.254 e. The molecule has 0 atom stereocenters. The van der Waals surface area contributed by atoms with E-state index in [-0.39, 0.29) is 5.91 Å². The average molecular weight is 323 g/mol. The van der Waals surface area contributed by atoms with Crippen LogP contribution in [0.15, 0.2) is 67.3 Å². The zero-order chi connectivity index (χ0) is 16.8. The zero-order valence-corrected chi connectivity index (χ0v) is 13.8. The molecule has 1 N–H and O–H groups in total. The molecular formula is C20H23N2O2+. The number of carbonyl (C=O) groups excluding carboxylic acids is 1. The summed E-state index contributed by atoms with van der Waals surface area (Å²) < 4.78 is 5.82. The lowest BCUT2D eigenvalue weighted by molar-refractivity contribution is -0.898. The second kappa shape index (κ2) is 7.79. The van der Waals surface area contributed by atoms with Crippen LogP contribution in [0, 0.1) is 0 Å². The van der Waals surface area contributed by atoms with Gasteiger partial charge in [0.1, 0.15) is 11.5 Å². The van der Waals surface area contributed by atoms with E-state index in [9.17, 15) is 4.79 Å². The van der Waals surface area contributed by atoms with Gasteiger partial charge in [-0.3, -0.25) is 4.79 Å². The van der Waals surface area contributed by atoms with Crippen molar-refractivity contribution in [1.82, 2.24) is 4.90 Å². The van der Waals surface area contributed by atoms with Crippen molar-refractivity contribution in [2.45, 2.75) is 0 Å². The van der Waals surface area contributed by atoms with Gasteiger partial charge >= 0.3 is 0 Å². The molecule has 3 rings (SSSR count). The molecule has 0 aromatic heterocycles. The van der Waals surface area contributed by atoms with Gasteiger partial charge in [0.05, 0.1) is 32.7 Å². The number of amides is 1. The fourth-order valence-electron chi connectivity index (χ4n) is 2.93. The number of piperazine rings is 1. The predicted molar refractivity (Wildman–Crippen MR) is 94.6 cm³/mol. The Hall–Kier alpha value is -2.59. The van der Waals surface area contributed by atoms with E-state index in [0.717, 1.165) is 38.5 Å². The van der Waals surface area contributed by atoms with Crippen LogP contribution in [0.4, 0.5) is 0 Å². The number of benzene rings is 2. The predicted octanol–water partition coefficient (Wildman–Crippen LogP) is 2.01. The molecule has 4 nitrogen and oxygen atoms in total. The average Bonchev–Trinajstić information content (AvgIpc) is 2.63. The SMILES string of the molecule is C=CC[NH+]1CCN(C(=O)c2cccc(Oc3ccccc3)c2)CC1. The maximum atomic E-state index is 12.7. The van der Waals surface area contributed by atoms with Crippen LogP contribution in [-0.4, -0.2) is 43.5 Å². The molecule has 0 bridgehead atoms. The van der Waals surface area contributed by atoms with Crippen LogP contribution in [0.2, 0.25) is 0 Å². The van der Waals surface area contributed by atoms with Gasteiger partial charge in [0.2, 0.25) is 0 Å². The van der Waals surface area contributed by atoms with E-state index in [0.29, 0.717) is 11.3 Å². The summed E-state index contributed by atoms with van der Waals surface area (Å²) in [6.07, 6.45) is 1.94. The van der Waals surface area contributed by atoms with Gasteiger partial charge in [0.15, 0.2) is 0 Å². The van der Waals surface area contributed by atoms with E-state index >= 15 is 0 Å². The maximum absolute atomic E-state index is 12.7. The summed E-state index contributed by atoms with van der Waals surface area (Å²) in [6.45, 7) is 8.25. The van der Waals surface area contributed by atoms with Gasteiger partial charge in [0, 0.05) is 5.56 Å². The van der Waals surface area contributed by atoms with Crippen LogP contribution in [0.5, 0.6) is 11.5 Å². The lowest BCUT2D eigenvalue weighted by Crippen LogP contribution is -3.14. The smallest absolute Gasteiger partial charge is 0.254 e. The Kier molecular flexibility index (Phi) is 5.29. The highest BCUT2D eigenvalue weighted by Crippen LogP contribution is 2.22. The van der Waals surface area contributed by atoms with Crippen molar-refractivity contribution in [2.75, 3.05) is 32.7 Å². The normalized spacial score (nSPS) is 15.1. The Morgan fingerprint density at radius 1 is 1.08 bits per heavy atom. The van der Waals surface area contributed by atoms with Crippen LogP contribution < -0.4 is 9.64 Å². The Bertz CT molecular complexity index is 692. The zero-order valence-electron chi connectivity index (χ0n) is 13.8. The van der Waals surface area contributed by atoms with Crippen molar-refractivity contribution in [2.24, 2.45) is 0 Å². The molecule has 1 saturated heterocycles. The van der Waals surface area contributed by atoms with Gasteiger partial charge in [0.25, 0.3) is 5.91 Å². The molecule has 24 heavy (non-hydrogen) atoms. The number of nitrogens with one attached hydrogen (secondary N) is 1. The minimum absolute atomic E-state index is 0.0752. The van der Waals surface area contributed by atoms with Crippen LogP contribution >= 0.6 is 0 Å². The first kappa shape index (κ1) is 16.3. The number of quaternary nitrogens is 1. The van der Waals surface area contributed by atoms with E-state index < -0.39 is 0 Å². The van der Waals surface area contributed by atoms with Crippen LogP contribution in [0.25, 0.3) is 0 Å². The monoisotopic (exact) mass is 323 g/mol. The van der Waals surface area contributed by atoms with E-state index in [1.807, 2.05) is 65.6 Å². The van der Waals surface area contributed by atoms with Gasteiger partial charge in [-0.25, -0.2) is 0 Å². The molecule has 0 aliphatic carbocycles. The molecule has 0 radical (unpaired) electrons. The molecular weight excluding hydrogens is 300 g/mol. The molecule has 0 unspecified atom stereocenters. The fraction of sp³-hybridized carbons (Fsp3) is 0.250. The van der Waals surface area contributed by atoms with Crippen LogP contribution in [-0.2, 0) is 0 Å². The van der Waals surface area contributed by atoms with Crippen molar-refractivity contribution < 1.29 is 14.4 Å². The number of rotatable bonds is 5. The highest BCUT2D eigenvalue weighted by Gasteiger charge is 2.23. The second-order valence-electron chi connectivity index (χ2n) is 5.98. The van der Waals surface area contributed by atoms with E-state index in [1.165, 1.54) is 4.90 Å². The summed E-state index contributed by atoms with van der Waals surface area (Å²) in [5, 5.41) is 0. The van der Waals surface area contributed by atoms with Crippen molar-refractivity contribution in [3.05, 3.63) is 72.8 Å². The topological polar surface area (TPSA) is 34.0 Å².